The predicted molar refractivity (Wildman–Crippen MR) is 101 cm³/mol. The molecule has 1 aromatic carbocycles. The summed E-state index contributed by atoms with van der Waals surface area (Å²) >= 11 is 6.82. The molecule has 2 N–H and O–H groups in total. The number of hydrogen-bond acceptors (Lipinski definition) is 5. The van der Waals surface area contributed by atoms with Crippen molar-refractivity contribution in [3.63, 3.8) is 0 Å². The molecule has 126 valence electrons. The Labute approximate surface area is 149 Å². The van der Waals surface area contributed by atoms with Gasteiger partial charge in [-0.2, -0.15) is 5.10 Å². The molecule has 0 aliphatic carbocycles. The van der Waals surface area contributed by atoms with E-state index in [4.69, 9.17) is 17.0 Å². The molecule has 1 fully saturated rings. The maximum atomic E-state index is 12.8. The number of ether oxygens (including phenoxy) is 1. The number of hydrazone groups is 1. The van der Waals surface area contributed by atoms with Crippen molar-refractivity contribution in [3.05, 3.63) is 47.1 Å². The monoisotopic (exact) mass is 364 g/mol. The molecule has 3 rings (SSSR count). The van der Waals surface area contributed by atoms with E-state index in [9.17, 15) is 4.39 Å². The number of nitrogens with one attached hydrogen (secondary N) is 2. The quantitative estimate of drug-likeness (QED) is 0.496. The van der Waals surface area contributed by atoms with Gasteiger partial charge in [0.2, 0.25) is 0 Å². The first-order chi connectivity index (χ1) is 11.7. The molecule has 1 aromatic heterocycles. The lowest BCUT2D eigenvalue weighted by molar-refractivity contribution is 0.123. The Hall–Kier alpha value is -2.03. The summed E-state index contributed by atoms with van der Waals surface area (Å²) in [5.41, 5.74) is 3.46. The van der Waals surface area contributed by atoms with E-state index in [1.54, 1.807) is 29.7 Å². The van der Waals surface area contributed by atoms with Crippen LogP contribution in [-0.2, 0) is 4.74 Å². The second kappa shape index (κ2) is 8.18. The van der Waals surface area contributed by atoms with Crippen molar-refractivity contribution in [3.8, 4) is 0 Å². The number of anilines is 2. The Morgan fingerprint density at radius 3 is 2.71 bits per heavy atom. The number of benzene rings is 1. The van der Waals surface area contributed by atoms with Gasteiger partial charge < -0.3 is 15.0 Å². The highest BCUT2D eigenvalue weighted by atomic mass is 32.1. The van der Waals surface area contributed by atoms with E-state index in [1.807, 2.05) is 6.07 Å². The molecule has 0 radical (unpaired) electrons. The summed E-state index contributed by atoms with van der Waals surface area (Å²) in [6, 6.07) is 10.1. The average Bonchev–Trinajstić information content (AvgIpc) is 3.07. The van der Waals surface area contributed by atoms with E-state index in [1.165, 1.54) is 17.1 Å². The average molecular weight is 364 g/mol. The van der Waals surface area contributed by atoms with Crippen molar-refractivity contribution in [2.24, 2.45) is 5.10 Å². The number of thiophene rings is 1. The molecule has 5 nitrogen and oxygen atoms in total. The molecule has 0 atom stereocenters. The van der Waals surface area contributed by atoms with Crippen molar-refractivity contribution in [2.45, 2.75) is 0 Å². The summed E-state index contributed by atoms with van der Waals surface area (Å²) in [5.74, 6) is -0.286. The fourth-order valence-corrected chi connectivity index (χ4v) is 3.31. The second-order valence-corrected chi connectivity index (χ2v) is 6.61. The maximum Gasteiger partial charge on any atom is 0.191 e. The molecule has 2 heterocycles. The zero-order valence-corrected chi connectivity index (χ0v) is 14.5. The highest BCUT2D eigenvalue weighted by molar-refractivity contribution is 7.80. The molecule has 0 bridgehead atoms. The van der Waals surface area contributed by atoms with Crippen molar-refractivity contribution >= 4 is 45.6 Å². The van der Waals surface area contributed by atoms with Crippen LogP contribution in [0.1, 0.15) is 4.88 Å². The van der Waals surface area contributed by atoms with Crippen LogP contribution in [0.25, 0.3) is 0 Å². The largest absolute Gasteiger partial charge is 0.378 e. The molecule has 0 saturated carbocycles. The Bertz CT molecular complexity index is 711. The zero-order chi connectivity index (χ0) is 16.8. The van der Waals surface area contributed by atoms with Crippen LogP contribution in [-0.4, -0.2) is 37.6 Å². The molecule has 8 heteroatoms. The third-order valence-corrected chi connectivity index (χ3v) is 4.67. The first-order valence-corrected chi connectivity index (χ1v) is 8.71. The number of thiocarbonyl (C=S) groups is 1. The van der Waals surface area contributed by atoms with Crippen molar-refractivity contribution in [1.29, 1.82) is 0 Å². The van der Waals surface area contributed by atoms with E-state index >= 15 is 0 Å². The van der Waals surface area contributed by atoms with Crippen LogP contribution in [0.2, 0.25) is 0 Å². The van der Waals surface area contributed by atoms with Crippen LogP contribution in [0.15, 0.2) is 41.5 Å². The van der Waals surface area contributed by atoms with Gasteiger partial charge in [-0.1, -0.05) is 0 Å². The van der Waals surface area contributed by atoms with Crippen LogP contribution in [0.5, 0.6) is 0 Å². The van der Waals surface area contributed by atoms with Gasteiger partial charge in [-0.25, -0.2) is 4.39 Å². The summed E-state index contributed by atoms with van der Waals surface area (Å²) in [6.45, 7) is 3.38. The molecule has 1 aliphatic rings. The van der Waals surface area contributed by atoms with Gasteiger partial charge >= 0.3 is 0 Å². The molecule has 1 aliphatic heterocycles. The van der Waals surface area contributed by atoms with Crippen molar-refractivity contribution < 1.29 is 9.13 Å². The summed E-state index contributed by atoms with van der Waals surface area (Å²) < 4.78 is 18.2. The van der Waals surface area contributed by atoms with E-state index in [0.29, 0.717) is 10.8 Å². The van der Waals surface area contributed by atoms with Gasteiger partial charge in [0.25, 0.3) is 0 Å². The third-order valence-electron chi connectivity index (χ3n) is 3.40. The molecular formula is C16H17FN4OS2. The highest BCUT2D eigenvalue weighted by Crippen LogP contribution is 2.25. The number of rotatable bonds is 4. The smallest absolute Gasteiger partial charge is 0.191 e. The molecule has 0 spiro atoms. The minimum atomic E-state index is -0.286. The Morgan fingerprint density at radius 2 is 1.96 bits per heavy atom. The highest BCUT2D eigenvalue weighted by Gasteiger charge is 2.12. The van der Waals surface area contributed by atoms with Gasteiger partial charge in [0.15, 0.2) is 5.11 Å². The first-order valence-electron chi connectivity index (χ1n) is 7.49. The molecule has 0 amide bonds. The molecule has 0 unspecified atom stereocenters. The summed E-state index contributed by atoms with van der Waals surface area (Å²) in [6.07, 6.45) is 1.73. The second-order valence-electron chi connectivity index (χ2n) is 5.11. The Kier molecular flexibility index (Phi) is 5.73. The summed E-state index contributed by atoms with van der Waals surface area (Å²) in [5, 5.41) is 8.63. The van der Waals surface area contributed by atoms with Crippen LogP contribution in [0.3, 0.4) is 0 Å². The van der Waals surface area contributed by atoms with Gasteiger partial charge in [-0.05, 0) is 48.6 Å². The van der Waals surface area contributed by atoms with E-state index in [-0.39, 0.29) is 5.82 Å². The van der Waals surface area contributed by atoms with Crippen molar-refractivity contribution in [1.82, 2.24) is 5.43 Å². The Morgan fingerprint density at radius 1 is 1.21 bits per heavy atom. The standard InChI is InChI=1S/C16H17FN4OS2/c17-12-1-3-13(4-2-12)19-16(23)20-18-11-14-5-6-15(24-14)21-7-9-22-10-8-21/h1-6,11H,7-10H2,(H2,19,20,23)/b18-11-. The normalized spacial score (nSPS) is 14.8. The molecular weight excluding hydrogens is 347 g/mol. The van der Waals surface area contributed by atoms with Crippen LogP contribution >= 0.6 is 23.6 Å². The van der Waals surface area contributed by atoms with Gasteiger partial charge in [0.05, 0.1) is 24.4 Å². The minimum absolute atomic E-state index is 0.286. The van der Waals surface area contributed by atoms with Crippen LogP contribution in [0, 0.1) is 5.82 Å². The number of halogens is 1. The molecule has 1 saturated heterocycles. The van der Waals surface area contributed by atoms with Gasteiger partial charge in [-0.3, -0.25) is 5.43 Å². The fourth-order valence-electron chi connectivity index (χ4n) is 2.21. The third kappa shape index (κ3) is 4.73. The van der Waals surface area contributed by atoms with Gasteiger partial charge in [0, 0.05) is 23.7 Å². The first kappa shape index (κ1) is 16.8. The number of nitrogens with zero attached hydrogens (tertiary/aromatic N) is 2. The van der Waals surface area contributed by atoms with Crippen molar-refractivity contribution in [2.75, 3.05) is 36.5 Å². The van der Waals surface area contributed by atoms with E-state index in [2.05, 4.69) is 26.8 Å². The summed E-state index contributed by atoms with van der Waals surface area (Å²) in [4.78, 5) is 3.34. The predicted octanol–water partition coefficient (Wildman–Crippen LogP) is 3.04. The van der Waals surface area contributed by atoms with Crippen LogP contribution in [0.4, 0.5) is 15.1 Å². The van der Waals surface area contributed by atoms with E-state index in [0.717, 1.165) is 31.2 Å². The number of morpholine rings is 1. The minimum Gasteiger partial charge on any atom is -0.378 e. The van der Waals surface area contributed by atoms with Gasteiger partial charge in [-0.15, -0.1) is 11.3 Å². The SMILES string of the molecule is Fc1ccc(NC(=S)N/N=C\c2ccc(N3CCOCC3)s2)cc1. The maximum absolute atomic E-state index is 12.8. The fraction of sp³-hybridized carbons (Fsp3) is 0.250. The lowest BCUT2D eigenvalue weighted by Crippen LogP contribution is -2.35. The lowest BCUT2D eigenvalue weighted by atomic mass is 10.3. The van der Waals surface area contributed by atoms with Gasteiger partial charge in [0.1, 0.15) is 5.82 Å². The van der Waals surface area contributed by atoms with E-state index < -0.39 is 0 Å². The lowest BCUT2D eigenvalue weighted by Gasteiger charge is -2.27. The zero-order valence-electron chi connectivity index (χ0n) is 12.9. The topological polar surface area (TPSA) is 48.9 Å². The summed E-state index contributed by atoms with van der Waals surface area (Å²) in [7, 11) is 0. The van der Waals surface area contributed by atoms with Crippen LogP contribution < -0.4 is 15.6 Å². The Balaban J connectivity index is 1.49. The molecule has 24 heavy (non-hydrogen) atoms. The number of hydrogen-bond donors (Lipinski definition) is 2. The molecule has 2 aromatic rings.